The van der Waals surface area contributed by atoms with Crippen molar-refractivity contribution in [2.24, 2.45) is 0 Å². The van der Waals surface area contributed by atoms with Crippen molar-refractivity contribution in [2.45, 2.75) is 20.4 Å². The molecule has 5 heteroatoms. The molecule has 0 spiro atoms. The molecule has 5 rings (SSSR count). The van der Waals surface area contributed by atoms with Crippen molar-refractivity contribution in [1.82, 2.24) is 9.55 Å². The maximum Gasteiger partial charge on any atom is 0.282 e. The minimum Gasteiger partial charge on any atom is -0.507 e. The maximum atomic E-state index is 12.9. The summed E-state index contributed by atoms with van der Waals surface area (Å²) >= 11 is 1.61. The molecule has 4 aromatic rings. The first-order valence-electron chi connectivity index (χ1n) is 9.14. The predicted molar refractivity (Wildman–Crippen MR) is 114 cm³/mol. The van der Waals surface area contributed by atoms with Crippen LogP contribution in [0, 0.1) is 13.8 Å². The average Bonchev–Trinajstić information content (AvgIpc) is 3.02. The second-order valence-corrected chi connectivity index (χ2v) is 8.24. The predicted octanol–water partition coefficient (Wildman–Crippen LogP) is 4.91. The highest BCUT2D eigenvalue weighted by atomic mass is 32.1. The number of fused-ring (bicyclic) bond motifs is 4. The molecule has 3 heterocycles. The van der Waals surface area contributed by atoms with Crippen LogP contribution in [0.4, 0.5) is 0 Å². The van der Waals surface area contributed by atoms with Crippen LogP contribution in [0.1, 0.15) is 33.0 Å². The Morgan fingerprint density at radius 2 is 1.79 bits per heavy atom. The molecule has 0 bridgehead atoms. The number of nitrogens with zero attached hydrogens (tertiary/aromatic N) is 2. The summed E-state index contributed by atoms with van der Waals surface area (Å²) in [7, 11) is 0. The van der Waals surface area contributed by atoms with E-state index in [1.165, 1.54) is 0 Å². The van der Waals surface area contributed by atoms with Gasteiger partial charge in [0.05, 0.1) is 17.5 Å². The van der Waals surface area contributed by atoms with Gasteiger partial charge in [0, 0.05) is 10.4 Å². The van der Waals surface area contributed by atoms with E-state index in [0.29, 0.717) is 28.9 Å². The molecule has 0 unspecified atom stereocenters. The lowest BCUT2D eigenvalue weighted by molar-refractivity contribution is 0.512. The lowest BCUT2D eigenvalue weighted by Gasteiger charge is -2.25. The van der Waals surface area contributed by atoms with Crippen molar-refractivity contribution in [3.05, 3.63) is 97.9 Å². The summed E-state index contributed by atoms with van der Waals surface area (Å²) in [5.74, 6) is 0.663. The second kappa shape index (κ2) is 6.17. The summed E-state index contributed by atoms with van der Waals surface area (Å²) in [5.41, 5.74) is 4.08. The van der Waals surface area contributed by atoms with Gasteiger partial charge in [0.2, 0.25) is 0 Å². The van der Waals surface area contributed by atoms with E-state index in [1.54, 1.807) is 11.3 Å². The van der Waals surface area contributed by atoms with Crippen LogP contribution in [0.15, 0.2) is 59.4 Å². The first kappa shape index (κ1) is 17.0. The third-order valence-electron chi connectivity index (χ3n) is 5.41. The average molecular weight is 386 g/mol. The highest BCUT2D eigenvalue weighted by molar-refractivity contribution is 7.18. The first-order chi connectivity index (χ1) is 13.6. The zero-order chi connectivity index (χ0) is 19.4. The van der Waals surface area contributed by atoms with E-state index in [0.717, 1.165) is 26.4 Å². The fourth-order valence-electron chi connectivity index (χ4n) is 3.86. The quantitative estimate of drug-likeness (QED) is 0.417. The lowest BCUT2D eigenvalue weighted by atomic mass is 9.92. The minimum absolute atomic E-state index is 0.137. The fourth-order valence-corrected chi connectivity index (χ4v) is 5.01. The monoisotopic (exact) mass is 386 g/mol. The molecule has 4 nitrogen and oxygen atoms in total. The number of thiophene rings is 1. The molecule has 0 aliphatic carbocycles. The number of aryl methyl sites for hydroxylation is 2. The molecule has 1 aliphatic rings. The van der Waals surface area contributed by atoms with Gasteiger partial charge in [-0.2, -0.15) is 4.98 Å². The van der Waals surface area contributed by atoms with Gasteiger partial charge >= 0.3 is 0 Å². The molecular weight excluding hydrogens is 368 g/mol. The van der Waals surface area contributed by atoms with Crippen LogP contribution in [0.5, 0.6) is 0 Å². The van der Waals surface area contributed by atoms with Gasteiger partial charge in [-0.25, -0.2) is 0 Å². The van der Waals surface area contributed by atoms with Gasteiger partial charge < -0.3 is 9.67 Å². The third-order valence-corrected chi connectivity index (χ3v) is 6.64. The molecule has 0 atom stereocenters. The van der Waals surface area contributed by atoms with Crippen molar-refractivity contribution in [3.63, 3.8) is 0 Å². The number of aromatic nitrogens is 2. The van der Waals surface area contributed by atoms with Crippen LogP contribution in [-0.4, -0.2) is 14.7 Å². The second-order valence-electron chi connectivity index (χ2n) is 7.04. The van der Waals surface area contributed by atoms with Crippen LogP contribution in [0.3, 0.4) is 0 Å². The normalized spacial score (nSPS) is 14.6. The number of benzene rings is 2. The molecule has 1 aliphatic heterocycles. The van der Waals surface area contributed by atoms with Gasteiger partial charge in [-0.1, -0.05) is 54.6 Å². The summed E-state index contributed by atoms with van der Waals surface area (Å²) in [4.78, 5) is 19.4. The maximum absolute atomic E-state index is 12.9. The summed E-state index contributed by atoms with van der Waals surface area (Å²) in [5, 5.41) is 11.9. The molecule has 0 fully saturated rings. The van der Waals surface area contributed by atoms with E-state index in [2.05, 4.69) is 15.6 Å². The molecule has 2 aromatic carbocycles. The van der Waals surface area contributed by atoms with Gasteiger partial charge in [0.1, 0.15) is 16.4 Å². The molecule has 0 amide bonds. The van der Waals surface area contributed by atoms with Crippen LogP contribution >= 0.6 is 11.3 Å². The van der Waals surface area contributed by atoms with Crippen molar-refractivity contribution in [3.8, 4) is 0 Å². The van der Waals surface area contributed by atoms with Crippen molar-refractivity contribution in [2.75, 3.05) is 0 Å². The number of hydrogen-bond donors (Lipinski definition) is 1. The summed E-state index contributed by atoms with van der Waals surface area (Å²) in [6.07, 6.45) is 0. The van der Waals surface area contributed by atoms with E-state index in [9.17, 15) is 9.90 Å². The zero-order valence-corrected chi connectivity index (χ0v) is 16.4. The lowest BCUT2D eigenvalue weighted by Crippen LogP contribution is -2.23. The zero-order valence-electron chi connectivity index (χ0n) is 15.6. The minimum atomic E-state index is -0.235. The van der Waals surface area contributed by atoms with E-state index < -0.39 is 0 Å². The van der Waals surface area contributed by atoms with Crippen LogP contribution in [0.2, 0.25) is 0 Å². The van der Waals surface area contributed by atoms with E-state index in [4.69, 9.17) is 0 Å². The largest absolute Gasteiger partial charge is 0.507 e. The Bertz CT molecular complexity index is 1330. The highest BCUT2D eigenvalue weighted by Gasteiger charge is 2.28. The van der Waals surface area contributed by atoms with E-state index in [-0.39, 0.29) is 11.3 Å². The molecule has 28 heavy (non-hydrogen) atoms. The molecule has 1 N–H and O–H groups in total. The van der Waals surface area contributed by atoms with Crippen molar-refractivity contribution in [1.29, 1.82) is 0 Å². The van der Waals surface area contributed by atoms with Gasteiger partial charge in [0.25, 0.3) is 5.56 Å². The third kappa shape index (κ3) is 2.36. The van der Waals surface area contributed by atoms with Gasteiger partial charge in [-0.3, -0.25) is 4.79 Å². The molecule has 0 saturated carbocycles. The van der Waals surface area contributed by atoms with E-state index >= 15 is 0 Å². The number of hydrogen-bond acceptors (Lipinski definition) is 4. The molecule has 2 aromatic heterocycles. The first-order valence-corrected chi connectivity index (χ1v) is 9.95. The Labute approximate surface area is 166 Å². The topological polar surface area (TPSA) is 55.1 Å². The van der Waals surface area contributed by atoms with Crippen LogP contribution in [-0.2, 0) is 6.54 Å². The van der Waals surface area contributed by atoms with Crippen molar-refractivity contribution >= 4 is 32.9 Å². The molecule has 138 valence electrons. The number of rotatable bonds is 1. The Hall–Kier alpha value is -3.18. The highest BCUT2D eigenvalue weighted by Crippen LogP contribution is 2.38. The smallest absolute Gasteiger partial charge is 0.282 e. The Kier molecular flexibility index (Phi) is 3.74. The van der Waals surface area contributed by atoms with Gasteiger partial charge in [0.15, 0.2) is 0 Å². The summed E-state index contributed by atoms with van der Waals surface area (Å²) in [6.45, 7) is 4.63. The van der Waals surface area contributed by atoms with Crippen LogP contribution in [0.25, 0.3) is 21.5 Å². The summed E-state index contributed by atoms with van der Waals surface area (Å²) < 4.78 is 2.07. The SMILES string of the molecule is Cc1sc2c(c1C)c(=O)nc1n2Cc2ccccc2/C1=C(/O)c1ccccc1. The Morgan fingerprint density at radius 3 is 2.57 bits per heavy atom. The Morgan fingerprint density at radius 1 is 1.07 bits per heavy atom. The van der Waals surface area contributed by atoms with Crippen LogP contribution < -0.4 is 5.56 Å². The van der Waals surface area contributed by atoms with Crippen molar-refractivity contribution < 1.29 is 5.11 Å². The van der Waals surface area contributed by atoms with E-state index in [1.807, 2.05) is 62.4 Å². The number of aliphatic hydroxyl groups excluding tert-OH is 1. The molecule has 0 radical (unpaired) electrons. The molecular formula is C23H18N2O2S. The van der Waals surface area contributed by atoms with Gasteiger partial charge in [-0.05, 0) is 30.5 Å². The standard InChI is InChI=1S/C23H18N2O2S/c1-13-14(2)28-23-18(13)22(27)24-21-19(20(26)15-8-4-3-5-9-15)17-11-7-6-10-16(17)12-25(21)23/h3-11,26H,12H2,1-2H3/b20-19-. The molecule has 0 saturated heterocycles. The number of aliphatic hydroxyl groups is 1. The fraction of sp³-hybridized carbons (Fsp3) is 0.130. The van der Waals surface area contributed by atoms with Gasteiger partial charge in [-0.15, -0.1) is 11.3 Å². The summed E-state index contributed by atoms with van der Waals surface area (Å²) in [6, 6.07) is 17.4. The Balaban J connectivity index is 1.92.